The van der Waals surface area contributed by atoms with Gasteiger partial charge in [0.1, 0.15) is 11.5 Å². The molecule has 12 heteroatoms. The van der Waals surface area contributed by atoms with E-state index in [0.29, 0.717) is 22.5 Å². The van der Waals surface area contributed by atoms with Crippen molar-refractivity contribution in [2.24, 2.45) is 5.10 Å². The van der Waals surface area contributed by atoms with Crippen molar-refractivity contribution in [3.63, 3.8) is 0 Å². The minimum atomic E-state index is -0.616. The van der Waals surface area contributed by atoms with Crippen LogP contribution in [0.4, 0.5) is 15.9 Å². The van der Waals surface area contributed by atoms with Gasteiger partial charge in [-0.25, -0.2) is 14.4 Å². The molecule has 3 heterocycles. The Balaban J connectivity index is 1.35. The molecule has 1 amide bonds. The maximum atomic E-state index is 13.7. The van der Waals surface area contributed by atoms with Crippen LogP contribution in [0.15, 0.2) is 88.6 Å². The lowest BCUT2D eigenvalue weighted by atomic mass is 10.0. The van der Waals surface area contributed by atoms with E-state index in [0.717, 1.165) is 24.3 Å². The Labute approximate surface area is 234 Å². The topological polar surface area (TPSA) is 140 Å². The standard InChI is InChI=1S/C29H26FN9O2/c30-22-13-9-19(10-14-22)24(20-11-15-23(16-12-20)38-17-5-2-6-18-38)32-34-29(40)25-26(21-7-3-1-4-8-21)39(37-33-25)28-27(31)35-41-36-28/h1,3-4,7-16H,2,5-6,17-18H2,(H2,31,35)(H,34,40). The van der Waals surface area contributed by atoms with Gasteiger partial charge in [0.15, 0.2) is 5.69 Å². The Hall–Kier alpha value is -5.39. The first-order chi connectivity index (χ1) is 20.1. The van der Waals surface area contributed by atoms with Gasteiger partial charge in [-0.3, -0.25) is 4.79 Å². The number of nitrogen functional groups attached to an aromatic ring is 1. The number of halogens is 1. The molecule has 0 aliphatic carbocycles. The van der Waals surface area contributed by atoms with Crippen LogP contribution >= 0.6 is 0 Å². The van der Waals surface area contributed by atoms with Gasteiger partial charge in [0.2, 0.25) is 11.6 Å². The van der Waals surface area contributed by atoms with Crippen LogP contribution in [0.3, 0.4) is 0 Å². The van der Waals surface area contributed by atoms with Crippen LogP contribution in [0.1, 0.15) is 40.9 Å². The molecule has 41 heavy (non-hydrogen) atoms. The molecule has 0 saturated carbocycles. The van der Waals surface area contributed by atoms with Crippen molar-refractivity contribution >= 4 is 23.1 Å². The summed E-state index contributed by atoms with van der Waals surface area (Å²) in [5.41, 5.74) is 12.4. The van der Waals surface area contributed by atoms with Crippen molar-refractivity contribution in [1.82, 2.24) is 30.7 Å². The molecule has 0 unspecified atom stereocenters. The number of carbonyl (C=O) groups is 1. The first kappa shape index (κ1) is 25.9. The van der Waals surface area contributed by atoms with Gasteiger partial charge in [-0.2, -0.15) is 9.78 Å². The van der Waals surface area contributed by atoms with Crippen LogP contribution in [-0.2, 0) is 0 Å². The molecule has 1 fully saturated rings. The Morgan fingerprint density at radius 1 is 0.902 bits per heavy atom. The van der Waals surface area contributed by atoms with E-state index in [2.05, 4.69) is 36.1 Å². The molecular formula is C29H26FN9O2. The summed E-state index contributed by atoms with van der Waals surface area (Å²) in [6, 6.07) is 23.0. The fourth-order valence-electron chi connectivity index (χ4n) is 4.82. The number of hydrogen-bond acceptors (Lipinski definition) is 9. The van der Waals surface area contributed by atoms with E-state index in [1.807, 2.05) is 42.5 Å². The zero-order valence-corrected chi connectivity index (χ0v) is 21.9. The van der Waals surface area contributed by atoms with E-state index in [4.69, 9.17) is 10.4 Å². The third kappa shape index (κ3) is 5.39. The summed E-state index contributed by atoms with van der Waals surface area (Å²) in [6.07, 6.45) is 3.59. The van der Waals surface area contributed by atoms with E-state index in [9.17, 15) is 9.18 Å². The summed E-state index contributed by atoms with van der Waals surface area (Å²) >= 11 is 0. The number of amides is 1. The van der Waals surface area contributed by atoms with Crippen molar-refractivity contribution in [2.75, 3.05) is 23.7 Å². The number of carbonyl (C=O) groups excluding carboxylic acids is 1. The average Bonchev–Trinajstić information content (AvgIpc) is 3.65. The smallest absolute Gasteiger partial charge is 0.294 e. The molecule has 2 aromatic heterocycles. The Morgan fingerprint density at radius 2 is 1.59 bits per heavy atom. The third-order valence-electron chi connectivity index (χ3n) is 6.88. The number of aromatic nitrogens is 5. The minimum absolute atomic E-state index is 0.0105. The summed E-state index contributed by atoms with van der Waals surface area (Å²) < 4.78 is 19.8. The molecule has 3 N–H and O–H groups in total. The van der Waals surface area contributed by atoms with Gasteiger partial charge in [-0.1, -0.05) is 47.7 Å². The van der Waals surface area contributed by atoms with E-state index >= 15 is 0 Å². The highest BCUT2D eigenvalue weighted by atomic mass is 19.1. The summed E-state index contributed by atoms with van der Waals surface area (Å²) in [5.74, 6) is -0.902. The quantitative estimate of drug-likeness (QED) is 0.226. The normalized spacial score (nSPS) is 13.8. The summed E-state index contributed by atoms with van der Waals surface area (Å²) in [5, 5.41) is 20.1. The van der Waals surface area contributed by atoms with Gasteiger partial charge in [0.25, 0.3) is 5.91 Å². The van der Waals surface area contributed by atoms with Crippen LogP contribution in [0.5, 0.6) is 0 Å². The van der Waals surface area contributed by atoms with Gasteiger partial charge in [0, 0.05) is 35.5 Å². The number of piperidine rings is 1. The largest absolute Gasteiger partial charge is 0.378 e. The van der Waals surface area contributed by atoms with Gasteiger partial charge < -0.3 is 10.6 Å². The number of rotatable bonds is 7. The van der Waals surface area contributed by atoms with Gasteiger partial charge in [-0.15, -0.1) is 5.10 Å². The molecule has 1 aliphatic rings. The zero-order chi connectivity index (χ0) is 28.2. The molecule has 0 radical (unpaired) electrons. The molecule has 206 valence electrons. The predicted molar refractivity (Wildman–Crippen MR) is 151 cm³/mol. The number of nitrogens with one attached hydrogen (secondary N) is 1. The fourth-order valence-corrected chi connectivity index (χ4v) is 4.82. The number of hydrazone groups is 1. The number of hydrogen-bond donors (Lipinski definition) is 2. The fraction of sp³-hybridized carbons (Fsp3) is 0.172. The molecule has 11 nitrogen and oxygen atoms in total. The van der Waals surface area contributed by atoms with E-state index in [-0.39, 0.29) is 23.1 Å². The van der Waals surface area contributed by atoms with Crippen LogP contribution in [0, 0.1) is 5.82 Å². The maximum absolute atomic E-state index is 13.7. The number of nitrogens with two attached hydrogens (primary N) is 1. The number of anilines is 2. The van der Waals surface area contributed by atoms with Crippen molar-refractivity contribution < 1.29 is 13.8 Å². The minimum Gasteiger partial charge on any atom is -0.378 e. The second-order valence-corrected chi connectivity index (χ2v) is 9.54. The lowest BCUT2D eigenvalue weighted by Gasteiger charge is -2.28. The SMILES string of the molecule is Nc1nonc1-n1nnc(C(=O)NN=C(c2ccc(F)cc2)c2ccc(N3CCCCC3)cc2)c1-c1ccccc1. The molecule has 1 saturated heterocycles. The molecule has 0 atom stereocenters. The summed E-state index contributed by atoms with van der Waals surface area (Å²) in [6.45, 7) is 2.05. The highest BCUT2D eigenvalue weighted by Gasteiger charge is 2.25. The van der Waals surface area contributed by atoms with Crippen LogP contribution in [-0.4, -0.2) is 50.0 Å². The number of nitrogens with zero attached hydrogens (tertiary/aromatic N) is 7. The van der Waals surface area contributed by atoms with Gasteiger partial charge in [-0.05, 0) is 66.0 Å². The van der Waals surface area contributed by atoms with Crippen LogP contribution < -0.4 is 16.1 Å². The van der Waals surface area contributed by atoms with Crippen molar-refractivity contribution in [2.45, 2.75) is 19.3 Å². The first-order valence-electron chi connectivity index (χ1n) is 13.2. The molecule has 3 aromatic carbocycles. The number of benzene rings is 3. The zero-order valence-electron chi connectivity index (χ0n) is 21.9. The Morgan fingerprint density at radius 3 is 2.24 bits per heavy atom. The van der Waals surface area contributed by atoms with E-state index in [1.165, 1.54) is 36.1 Å². The summed E-state index contributed by atoms with van der Waals surface area (Å²) in [4.78, 5) is 15.9. The monoisotopic (exact) mass is 551 g/mol. The molecule has 6 rings (SSSR count). The summed E-state index contributed by atoms with van der Waals surface area (Å²) in [7, 11) is 0. The van der Waals surface area contributed by atoms with E-state index < -0.39 is 5.91 Å². The Kier molecular flexibility index (Phi) is 7.18. The third-order valence-corrected chi connectivity index (χ3v) is 6.88. The molecule has 0 bridgehead atoms. The van der Waals surface area contributed by atoms with E-state index in [1.54, 1.807) is 24.3 Å². The van der Waals surface area contributed by atoms with Crippen molar-refractivity contribution in [3.05, 3.63) is 102 Å². The highest BCUT2D eigenvalue weighted by Crippen LogP contribution is 2.26. The van der Waals surface area contributed by atoms with Gasteiger partial charge >= 0.3 is 0 Å². The average molecular weight is 552 g/mol. The first-order valence-corrected chi connectivity index (χ1v) is 13.2. The maximum Gasteiger partial charge on any atom is 0.294 e. The van der Waals surface area contributed by atoms with Crippen LogP contribution in [0.25, 0.3) is 17.1 Å². The Bertz CT molecular complexity index is 1670. The predicted octanol–water partition coefficient (Wildman–Crippen LogP) is 4.21. The lowest BCUT2D eigenvalue weighted by Crippen LogP contribution is -2.29. The second kappa shape index (κ2) is 11.4. The van der Waals surface area contributed by atoms with Crippen molar-refractivity contribution in [1.29, 1.82) is 0 Å². The highest BCUT2D eigenvalue weighted by molar-refractivity contribution is 6.13. The second-order valence-electron chi connectivity index (χ2n) is 9.54. The molecular weight excluding hydrogens is 525 g/mol. The molecule has 0 spiro atoms. The van der Waals surface area contributed by atoms with Gasteiger partial charge in [0.05, 0.1) is 5.71 Å². The molecule has 1 aliphatic heterocycles. The lowest BCUT2D eigenvalue weighted by molar-refractivity contribution is 0.0950. The van der Waals surface area contributed by atoms with Crippen molar-refractivity contribution in [3.8, 4) is 17.1 Å². The van der Waals surface area contributed by atoms with Crippen LogP contribution in [0.2, 0.25) is 0 Å². The molecule has 5 aromatic rings.